The molecule has 1 atom stereocenters. The Labute approximate surface area is 116 Å². The monoisotopic (exact) mass is 269 g/mol. The first kappa shape index (κ1) is 15.3. The Morgan fingerprint density at radius 2 is 2.00 bits per heavy atom. The fourth-order valence-corrected chi connectivity index (χ4v) is 1.80. The molecule has 0 fully saturated rings. The molecule has 0 aliphatic carbocycles. The van der Waals surface area contributed by atoms with E-state index in [4.69, 9.17) is 16.3 Å². The molecular weight excluding hydrogens is 246 g/mol. The Balaban J connectivity index is 2.56. The zero-order valence-electron chi connectivity index (χ0n) is 11.8. The third-order valence-corrected chi connectivity index (χ3v) is 3.08. The Morgan fingerprint density at radius 3 is 2.56 bits per heavy atom. The smallest absolute Gasteiger partial charge is 0.138 e. The van der Waals surface area contributed by atoms with Crippen molar-refractivity contribution in [1.82, 2.24) is 5.32 Å². The summed E-state index contributed by atoms with van der Waals surface area (Å²) in [6.07, 6.45) is 1.18. The largest absolute Gasteiger partial charge is 0.489 e. The number of halogens is 1. The molecule has 18 heavy (non-hydrogen) atoms. The van der Waals surface area contributed by atoms with Crippen LogP contribution in [0.5, 0.6) is 5.75 Å². The molecule has 0 bridgehead atoms. The van der Waals surface area contributed by atoms with Gasteiger partial charge in [0.2, 0.25) is 0 Å². The normalized spacial score (nSPS) is 12.8. The first-order valence-electron chi connectivity index (χ1n) is 6.68. The summed E-state index contributed by atoms with van der Waals surface area (Å²) in [6, 6.07) is 6.00. The lowest BCUT2D eigenvalue weighted by Gasteiger charge is -2.15. The summed E-state index contributed by atoms with van der Waals surface area (Å²) in [5.74, 6) is 1.44. The van der Waals surface area contributed by atoms with E-state index in [-0.39, 0.29) is 6.10 Å². The van der Waals surface area contributed by atoms with E-state index in [1.165, 1.54) is 5.56 Å². The van der Waals surface area contributed by atoms with E-state index in [0.29, 0.717) is 10.9 Å². The van der Waals surface area contributed by atoms with Gasteiger partial charge in [0.1, 0.15) is 5.75 Å². The van der Waals surface area contributed by atoms with Gasteiger partial charge in [0.05, 0.1) is 11.1 Å². The van der Waals surface area contributed by atoms with Gasteiger partial charge < -0.3 is 10.1 Å². The van der Waals surface area contributed by atoms with Crippen LogP contribution in [0.15, 0.2) is 18.2 Å². The molecule has 0 spiro atoms. The van der Waals surface area contributed by atoms with Gasteiger partial charge in [-0.1, -0.05) is 38.4 Å². The van der Waals surface area contributed by atoms with E-state index >= 15 is 0 Å². The second-order valence-corrected chi connectivity index (χ2v) is 5.53. The summed E-state index contributed by atoms with van der Waals surface area (Å²) in [5.41, 5.74) is 1.19. The fourth-order valence-electron chi connectivity index (χ4n) is 1.56. The third kappa shape index (κ3) is 5.28. The van der Waals surface area contributed by atoms with E-state index in [9.17, 15) is 0 Å². The van der Waals surface area contributed by atoms with Crippen molar-refractivity contribution in [1.29, 1.82) is 0 Å². The molecular formula is C15H24ClNO. The highest BCUT2D eigenvalue weighted by Crippen LogP contribution is 2.26. The number of rotatable bonds is 7. The molecule has 1 aromatic carbocycles. The molecule has 1 N–H and O–H groups in total. The molecule has 1 aromatic rings. The number of hydrogen-bond acceptors (Lipinski definition) is 2. The summed E-state index contributed by atoms with van der Waals surface area (Å²) in [5, 5.41) is 4.09. The van der Waals surface area contributed by atoms with Crippen LogP contribution in [-0.4, -0.2) is 12.6 Å². The Morgan fingerprint density at radius 1 is 1.28 bits per heavy atom. The minimum atomic E-state index is 0.201. The molecule has 0 amide bonds. The van der Waals surface area contributed by atoms with E-state index < -0.39 is 0 Å². The summed E-state index contributed by atoms with van der Waals surface area (Å²) < 4.78 is 5.74. The van der Waals surface area contributed by atoms with Gasteiger partial charge in [-0.3, -0.25) is 0 Å². The van der Waals surface area contributed by atoms with Gasteiger partial charge in [-0.2, -0.15) is 0 Å². The van der Waals surface area contributed by atoms with Crippen molar-refractivity contribution in [2.45, 2.75) is 46.8 Å². The highest BCUT2D eigenvalue weighted by molar-refractivity contribution is 6.32. The van der Waals surface area contributed by atoms with Crippen LogP contribution >= 0.6 is 11.6 Å². The fraction of sp³-hybridized carbons (Fsp3) is 0.600. The van der Waals surface area contributed by atoms with Crippen LogP contribution in [0.3, 0.4) is 0 Å². The number of nitrogens with one attached hydrogen (secondary N) is 1. The topological polar surface area (TPSA) is 21.3 Å². The first-order valence-corrected chi connectivity index (χ1v) is 7.06. The highest BCUT2D eigenvalue weighted by Gasteiger charge is 2.06. The molecule has 0 heterocycles. The van der Waals surface area contributed by atoms with Crippen LogP contribution in [0, 0.1) is 5.92 Å². The van der Waals surface area contributed by atoms with Crippen LogP contribution < -0.4 is 10.1 Å². The molecule has 0 aromatic heterocycles. The summed E-state index contributed by atoms with van der Waals surface area (Å²) >= 11 is 6.22. The van der Waals surface area contributed by atoms with Crippen molar-refractivity contribution in [2.24, 2.45) is 5.92 Å². The first-order chi connectivity index (χ1) is 8.52. The van der Waals surface area contributed by atoms with Crippen molar-refractivity contribution < 1.29 is 4.74 Å². The molecule has 2 nitrogen and oxygen atoms in total. The summed E-state index contributed by atoms with van der Waals surface area (Å²) in [6.45, 7) is 10.4. The molecule has 102 valence electrons. The second-order valence-electron chi connectivity index (χ2n) is 5.13. The van der Waals surface area contributed by atoms with Crippen molar-refractivity contribution in [2.75, 3.05) is 6.54 Å². The van der Waals surface area contributed by atoms with Crippen molar-refractivity contribution in [3.63, 3.8) is 0 Å². The molecule has 0 aliphatic rings. The minimum absolute atomic E-state index is 0.201. The van der Waals surface area contributed by atoms with Gasteiger partial charge in [0.25, 0.3) is 0 Å². The molecule has 1 unspecified atom stereocenters. The van der Waals surface area contributed by atoms with Crippen LogP contribution in [0.25, 0.3) is 0 Å². The van der Waals surface area contributed by atoms with Gasteiger partial charge in [-0.05, 0) is 43.5 Å². The molecule has 0 radical (unpaired) electrons. The standard InChI is InChI=1S/C15H24ClNO/c1-5-12(4)18-15-7-6-13(8-14(15)16)10-17-9-11(2)3/h6-8,11-12,17H,5,9-10H2,1-4H3. The maximum Gasteiger partial charge on any atom is 0.138 e. The number of ether oxygens (including phenoxy) is 1. The maximum atomic E-state index is 6.22. The van der Waals surface area contributed by atoms with Crippen LogP contribution in [0.1, 0.15) is 39.7 Å². The lowest BCUT2D eigenvalue weighted by Crippen LogP contribution is -2.19. The number of hydrogen-bond donors (Lipinski definition) is 1. The van der Waals surface area contributed by atoms with Gasteiger partial charge in [-0.25, -0.2) is 0 Å². The van der Waals surface area contributed by atoms with Gasteiger partial charge in [0, 0.05) is 6.54 Å². The Bertz CT molecular complexity index is 366. The number of benzene rings is 1. The van der Waals surface area contributed by atoms with Gasteiger partial charge in [0.15, 0.2) is 0 Å². The average molecular weight is 270 g/mol. The zero-order chi connectivity index (χ0) is 13.5. The lowest BCUT2D eigenvalue weighted by atomic mass is 10.2. The highest BCUT2D eigenvalue weighted by atomic mass is 35.5. The lowest BCUT2D eigenvalue weighted by molar-refractivity contribution is 0.217. The molecule has 0 saturated carbocycles. The molecule has 0 saturated heterocycles. The van der Waals surface area contributed by atoms with Crippen LogP contribution in [0.4, 0.5) is 0 Å². The third-order valence-electron chi connectivity index (χ3n) is 2.78. The Hall–Kier alpha value is -0.730. The van der Waals surface area contributed by atoms with Crippen molar-refractivity contribution in [3.05, 3.63) is 28.8 Å². The predicted octanol–water partition coefficient (Wildman–Crippen LogP) is 4.26. The van der Waals surface area contributed by atoms with Crippen molar-refractivity contribution >= 4 is 11.6 Å². The molecule has 1 rings (SSSR count). The Kier molecular flexibility index (Phi) is 6.51. The van der Waals surface area contributed by atoms with E-state index in [1.807, 2.05) is 12.1 Å². The quantitative estimate of drug-likeness (QED) is 0.798. The van der Waals surface area contributed by atoms with E-state index in [2.05, 4.69) is 39.1 Å². The van der Waals surface area contributed by atoms with Gasteiger partial charge in [-0.15, -0.1) is 0 Å². The zero-order valence-corrected chi connectivity index (χ0v) is 12.6. The molecule has 0 aliphatic heterocycles. The average Bonchev–Trinajstić information content (AvgIpc) is 2.32. The molecule has 3 heteroatoms. The van der Waals surface area contributed by atoms with Gasteiger partial charge >= 0.3 is 0 Å². The van der Waals surface area contributed by atoms with E-state index in [0.717, 1.165) is 25.3 Å². The second kappa shape index (κ2) is 7.65. The SMILES string of the molecule is CCC(C)Oc1ccc(CNCC(C)C)cc1Cl. The predicted molar refractivity (Wildman–Crippen MR) is 78.4 cm³/mol. The maximum absolute atomic E-state index is 6.22. The van der Waals surface area contributed by atoms with Crippen LogP contribution in [-0.2, 0) is 6.54 Å². The minimum Gasteiger partial charge on any atom is -0.489 e. The summed E-state index contributed by atoms with van der Waals surface area (Å²) in [7, 11) is 0. The van der Waals surface area contributed by atoms with Crippen molar-refractivity contribution in [3.8, 4) is 5.75 Å². The summed E-state index contributed by atoms with van der Waals surface area (Å²) in [4.78, 5) is 0. The van der Waals surface area contributed by atoms with Crippen LogP contribution in [0.2, 0.25) is 5.02 Å². The van der Waals surface area contributed by atoms with E-state index in [1.54, 1.807) is 0 Å².